The molecule has 8 heteroatoms. The first kappa shape index (κ1) is 25.3. The third-order valence-corrected chi connectivity index (χ3v) is 6.68. The molecule has 1 amide bonds. The van der Waals surface area contributed by atoms with Crippen LogP contribution in [0, 0.1) is 0 Å². The lowest BCUT2D eigenvalue weighted by Gasteiger charge is -2.28. The number of nitrogens with zero attached hydrogens (tertiary/aromatic N) is 2. The monoisotopic (exact) mass is 492 g/mol. The predicted octanol–water partition coefficient (Wildman–Crippen LogP) is 4.76. The Hall–Kier alpha value is -3.78. The van der Waals surface area contributed by atoms with Crippen molar-refractivity contribution in [3.8, 4) is 11.5 Å². The van der Waals surface area contributed by atoms with E-state index in [-0.39, 0.29) is 11.3 Å². The number of aliphatic hydroxyl groups excluding tert-OH is 1. The first-order valence-corrected chi connectivity index (χ1v) is 12.1. The second-order valence-corrected chi connectivity index (χ2v) is 8.64. The first-order valence-electron chi connectivity index (χ1n) is 12.1. The van der Waals surface area contributed by atoms with E-state index in [2.05, 4.69) is 18.7 Å². The van der Waals surface area contributed by atoms with E-state index in [4.69, 9.17) is 13.9 Å². The molecule has 36 heavy (non-hydrogen) atoms. The van der Waals surface area contributed by atoms with E-state index < -0.39 is 23.5 Å². The molecule has 0 spiro atoms. The third-order valence-electron chi connectivity index (χ3n) is 6.68. The van der Waals surface area contributed by atoms with Gasteiger partial charge in [0.25, 0.3) is 5.91 Å². The zero-order valence-corrected chi connectivity index (χ0v) is 21.1. The number of ether oxygens (including phenoxy) is 2. The van der Waals surface area contributed by atoms with Crippen molar-refractivity contribution < 1.29 is 28.6 Å². The van der Waals surface area contributed by atoms with Gasteiger partial charge in [-0.1, -0.05) is 38.1 Å². The Labute approximate surface area is 210 Å². The van der Waals surface area contributed by atoms with Crippen LogP contribution in [0.5, 0.6) is 11.5 Å². The lowest BCUT2D eigenvalue weighted by Crippen LogP contribution is -2.34. The minimum absolute atomic E-state index is 0.00545. The minimum atomic E-state index is -0.771. The van der Waals surface area contributed by atoms with Crippen molar-refractivity contribution in [3.05, 3.63) is 71.2 Å². The molecule has 0 radical (unpaired) electrons. The van der Waals surface area contributed by atoms with Gasteiger partial charge < -0.3 is 28.8 Å². The van der Waals surface area contributed by atoms with E-state index in [1.165, 1.54) is 7.11 Å². The van der Waals surface area contributed by atoms with Gasteiger partial charge in [-0.2, -0.15) is 0 Å². The summed E-state index contributed by atoms with van der Waals surface area (Å²) in [5.41, 5.74) is 1.10. The fraction of sp³-hybridized carbons (Fsp3) is 0.357. The number of Topliss-reactive ketones (excluding diaryl/α,β-unsaturated/α-hetero) is 1. The summed E-state index contributed by atoms with van der Waals surface area (Å²) in [6.45, 7) is 7.19. The second-order valence-electron chi connectivity index (χ2n) is 8.64. The van der Waals surface area contributed by atoms with Gasteiger partial charge in [-0.3, -0.25) is 9.59 Å². The van der Waals surface area contributed by atoms with Crippen molar-refractivity contribution in [1.29, 1.82) is 0 Å². The summed E-state index contributed by atoms with van der Waals surface area (Å²) in [5, 5.41) is 11.6. The number of hydrogen-bond donors (Lipinski definition) is 1. The summed E-state index contributed by atoms with van der Waals surface area (Å²) in [5.74, 6) is -0.549. The Balaban J connectivity index is 1.73. The van der Waals surface area contributed by atoms with Crippen LogP contribution >= 0.6 is 0 Å². The van der Waals surface area contributed by atoms with Crippen LogP contribution in [0.2, 0.25) is 0 Å². The molecule has 190 valence electrons. The van der Waals surface area contributed by atoms with Gasteiger partial charge in [0.2, 0.25) is 5.78 Å². The SMILES string of the molecule is CCN(CC)CCCN1C(=O)C(O)=C(C(=O)c2cc3cccc(OC)c3o2)C1c1cccc(OC)c1. The maximum atomic E-state index is 13.8. The van der Waals surface area contributed by atoms with E-state index in [0.717, 1.165) is 19.6 Å². The maximum absolute atomic E-state index is 13.8. The second kappa shape index (κ2) is 10.9. The number of para-hydroxylation sites is 1. The number of rotatable bonds is 11. The first-order chi connectivity index (χ1) is 17.4. The van der Waals surface area contributed by atoms with Gasteiger partial charge in [0.1, 0.15) is 5.75 Å². The van der Waals surface area contributed by atoms with Crippen LogP contribution in [0.15, 0.2) is 64.3 Å². The molecule has 1 N–H and O–H groups in total. The minimum Gasteiger partial charge on any atom is -0.503 e. The van der Waals surface area contributed by atoms with E-state index in [0.29, 0.717) is 41.0 Å². The Morgan fingerprint density at radius 2 is 1.83 bits per heavy atom. The lowest BCUT2D eigenvalue weighted by atomic mass is 9.94. The molecule has 0 bridgehead atoms. The normalized spacial score (nSPS) is 15.9. The van der Waals surface area contributed by atoms with Gasteiger partial charge >= 0.3 is 0 Å². The topological polar surface area (TPSA) is 92.5 Å². The maximum Gasteiger partial charge on any atom is 0.290 e. The molecular formula is C28H32N2O6. The van der Waals surface area contributed by atoms with Crippen LogP contribution in [-0.2, 0) is 4.79 Å². The molecule has 1 atom stereocenters. The molecule has 2 aromatic carbocycles. The molecule has 0 aliphatic carbocycles. The van der Waals surface area contributed by atoms with Crippen molar-refractivity contribution in [2.75, 3.05) is 40.4 Å². The number of carbonyl (C=O) groups excluding carboxylic acids is 2. The molecule has 0 saturated heterocycles. The fourth-order valence-electron chi connectivity index (χ4n) is 4.72. The summed E-state index contributed by atoms with van der Waals surface area (Å²) in [6, 6.07) is 13.4. The van der Waals surface area contributed by atoms with Gasteiger partial charge in [0.15, 0.2) is 22.9 Å². The number of carbonyl (C=O) groups is 2. The molecule has 0 saturated carbocycles. The molecular weight excluding hydrogens is 460 g/mol. The molecule has 4 rings (SSSR count). The average molecular weight is 493 g/mol. The zero-order chi connectivity index (χ0) is 25.8. The third kappa shape index (κ3) is 4.68. The van der Waals surface area contributed by atoms with Crippen molar-refractivity contribution in [1.82, 2.24) is 9.80 Å². The number of furan rings is 1. The van der Waals surface area contributed by atoms with E-state index in [9.17, 15) is 14.7 Å². The number of fused-ring (bicyclic) bond motifs is 1. The van der Waals surface area contributed by atoms with Gasteiger partial charge in [0, 0.05) is 11.9 Å². The molecule has 8 nitrogen and oxygen atoms in total. The molecule has 1 aliphatic rings. The lowest BCUT2D eigenvalue weighted by molar-refractivity contribution is -0.129. The molecule has 1 unspecified atom stereocenters. The van der Waals surface area contributed by atoms with Crippen molar-refractivity contribution >= 4 is 22.7 Å². The van der Waals surface area contributed by atoms with Gasteiger partial charge in [0.05, 0.1) is 25.8 Å². The van der Waals surface area contributed by atoms with Crippen molar-refractivity contribution in [3.63, 3.8) is 0 Å². The fourth-order valence-corrected chi connectivity index (χ4v) is 4.72. The Kier molecular flexibility index (Phi) is 7.64. The number of benzene rings is 2. The van der Waals surface area contributed by atoms with Gasteiger partial charge in [-0.15, -0.1) is 0 Å². The quantitative estimate of drug-likeness (QED) is 0.386. The standard InChI is InChI=1S/C28H32N2O6/c1-5-29(6-2)14-9-15-30-24(18-10-7-12-20(16-18)34-3)23(26(32)28(30)33)25(31)22-17-19-11-8-13-21(35-4)27(19)36-22/h7-8,10-13,16-17,24,32H,5-6,9,14-15H2,1-4H3. The number of methoxy groups -OCH3 is 2. The summed E-state index contributed by atoms with van der Waals surface area (Å²) >= 11 is 0. The highest BCUT2D eigenvalue weighted by Crippen LogP contribution is 2.41. The highest BCUT2D eigenvalue weighted by atomic mass is 16.5. The highest BCUT2D eigenvalue weighted by Gasteiger charge is 2.44. The Morgan fingerprint density at radius 3 is 2.53 bits per heavy atom. The van der Waals surface area contributed by atoms with E-state index >= 15 is 0 Å². The van der Waals surface area contributed by atoms with Crippen LogP contribution in [-0.4, -0.2) is 67.0 Å². The predicted molar refractivity (Wildman–Crippen MR) is 137 cm³/mol. The van der Waals surface area contributed by atoms with Crippen LogP contribution in [0.25, 0.3) is 11.0 Å². The summed E-state index contributed by atoms with van der Waals surface area (Å²) in [7, 11) is 3.08. The summed E-state index contributed by atoms with van der Waals surface area (Å²) in [4.78, 5) is 30.8. The van der Waals surface area contributed by atoms with Crippen LogP contribution in [0.3, 0.4) is 0 Å². The van der Waals surface area contributed by atoms with Crippen molar-refractivity contribution in [2.45, 2.75) is 26.3 Å². The number of amides is 1. The molecule has 1 aliphatic heterocycles. The highest BCUT2D eigenvalue weighted by molar-refractivity contribution is 6.16. The van der Waals surface area contributed by atoms with Crippen LogP contribution in [0.4, 0.5) is 0 Å². The molecule has 1 aromatic heterocycles. The van der Waals surface area contributed by atoms with Gasteiger partial charge in [-0.25, -0.2) is 0 Å². The number of aliphatic hydroxyl groups is 1. The molecule has 2 heterocycles. The number of ketones is 1. The van der Waals surface area contributed by atoms with Gasteiger partial charge in [-0.05, 0) is 55.9 Å². The van der Waals surface area contributed by atoms with E-state index in [1.54, 1.807) is 48.4 Å². The Bertz CT molecular complexity index is 1290. The van der Waals surface area contributed by atoms with Crippen LogP contribution in [0.1, 0.15) is 42.4 Å². The molecule has 3 aromatic rings. The molecule has 0 fully saturated rings. The van der Waals surface area contributed by atoms with E-state index in [1.807, 2.05) is 12.1 Å². The largest absolute Gasteiger partial charge is 0.503 e. The number of hydrogen-bond acceptors (Lipinski definition) is 7. The zero-order valence-electron chi connectivity index (χ0n) is 21.1. The summed E-state index contributed by atoms with van der Waals surface area (Å²) < 4.78 is 16.6. The van der Waals surface area contributed by atoms with Crippen molar-refractivity contribution in [2.24, 2.45) is 0 Å². The summed E-state index contributed by atoms with van der Waals surface area (Å²) in [6.07, 6.45) is 0.699. The smallest absolute Gasteiger partial charge is 0.290 e. The van der Waals surface area contributed by atoms with Crippen LogP contribution < -0.4 is 9.47 Å². The average Bonchev–Trinajstić information content (AvgIpc) is 3.45. The Morgan fingerprint density at radius 1 is 1.08 bits per heavy atom.